The summed E-state index contributed by atoms with van der Waals surface area (Å²) >= 11 is 3.35. The van der Waals surface area contributed by atoms with Crippen LogP contribution >= 0.6 is 15.9 Å². The number of ketones is 1. The molecule has 0 saturated carbocycles. The molecule has 0 spiro atoms. The molecule has 1 atom stereocenters. The number of fused-ring (bicyclic) bond motifs is 1. The second-order valence-corrected chi connectivity index (χ2v) is 6.03. The third-order valence-electron chi connectivity index (χ3n) is 3.59. The second-order valence-electron chi connectivity index (χ2n) is 5.12. The SMILES string of the molecule is O=C(NC1CC(=O)c2cc(Br)ccc21)OCc1ccccc1. The van der Waals surface area contributed by atoms with Crippen molar-refractivity contribution in [1.82, 2.24) is 5.32 Å². The quantitative estimate of drug-likeness (QED) is 0.900. The van der Waals surface area contributed by atoms with Crippen LogP contribution in [0.4, 0.5) is 4.79 Å². The lowest BCUT2D eigenvalue weighted by Crippen LogP contribution is -2.28. The Morgan fingerprint density at radius 1 is 1.23 bits per heavy atom. The zero-order valence-electron chi connectivity index (χ0n) is 11.7. The minimum Gasteiger partial charge on any atom is -0.445 e. The van der Waals surface area contributed by atoms with Gasteiger partial charge in [0.05, 0.1) is 6.04 Å². The van der Waals surface area contributed by atoms with Crippen molar-refractivity contribution in [3.8, 4) is 0 Å². The summed E-state index contributed by atoms with van der Waals surface area (Å²) in [5.74, 6) is 0.0321. The van der Waals surface area contributed by atoms with Crippen LogP contribution in [0.5, 0.6) is 0 Å². The van der Waals surface area contributed by atoms with Crippen molar-refractivity contribution in [2.75, 3.05) is 0 Å². The van der Waals surface area contributed by atoms with E-state index < -0.39 is 6.09 Å². The van der Waals surface area contributed by atoms with Gasteiger partial charge < -0.3 is 10.1 Å². The first-order valence-corrected chi connectivity index (χ1v) is 7.72. The van der Waals surface area contributed by atoms with Crippen LogP contribution in [0.15, 0.2) is 53.0 Å². The zero-order valence-corrected chi connectivity index (χ0v) is 13.3. The number of nitrogens with one attached hydrogen (secondary N) is 1. The van der Waals surface area contributed by atoms with Gasteiger partial charge in [-0.15, -0.1) is 0 Å². The predicted octanol–water partition coefficient (Wildman–Crippen LogP) is 4.00. The molecule has 0 bridgehead atoms. The van der Waals surface area contributed by atoms with Gasteiger partial charge in [0.2, 0.25) is 0 Å². The Morgan fingerprint density at radius 3 is 2.77 bits per heavy atom. The summed E-state index contributed by atoms with van der Waals surface area (Å²) in [6.45, 7) is 0.209. The first-order chi connectivity index (χ1) is 10.6. The van der Waals surface area contributed by atoms with Gasteiger partial charge in [-0.3, -0.25) is 4.79 Å². The first kappa shape index (κ1) is 14.8. The van der Waals surface area contributed by atoms with Crippen molar-refractivity contribution in [1.29, 1.82) is 0 Å². The van der Waals surface area contributed by atoms with Crippen molar-refractivity contribution in [2.45, 2.75) is 19.1 Å². The highest BCUT2D eigenvalue weighted by molar-refractivity contribution is 9.10. The lowest BCUT2D eigenvalue weighted by Gasteiger charge is -2.13. The smallest absolute Gasteiger partial charge is 0.407 e. The Morgan fingerprint density at radius 2 is 2.00 bits per heavy atom. The number of hydrogen-bond acceptors (Lipinski definition) is 3. The molecule has 1 unspecified atom stereocenters. The third kappa shape index (κ3) is 3.20. The molecule has 1 aliphatic carbocycles. The highest BCUT2D eigenvalue weighted by atomic mass is 79.9. The second kappa shape index (κ2) is 6.32. The van der Waals surface area contributed by atoms with Crippen LogP contribution in [0.3, 0.4) is 0 Å². The van der Waals surface area contributed by atoms with E-state index >= 15 is 0 Å². The maximum Gasteiger partial charge on any atom is 0.407 e. The molecule has 1 aliphatic rings. The van der Waals surface area contributed by atoms with Crippen molar-refractivity contribution in [3.05, 3.63) is 69.7 Å². The normalized spacial score (nSPS) is 16.2. The fourth-order valence-electron chi connectivity index (χ4n) is 2.51. The van der Waals surface area contributed by atoms with Gasteiger partial charge in [-0.25, -0.2) is 4.79 Å². The van der Waals surface area contributed by atoms with Gasteiger partial charge in [-0.1, -0.05) is 52.3 Å². The summed E-state index contributed by atoms with van der Waals surface area (Å²) in [4.78, 5) is 23.9. The van der Waals surface area contributed by atoms with Gasteiger partial charge in [-0.05, 0) is 23.3 Å². The minimum absolute atomic E-state index is 0.0321. The number of benzene rings is 2. The Balaban J connectivity index is 1.62. The summed E-state index contributed by atoms with van der Waals surface area (Å²) in [6, 6.07) is 14.6. The van der Waals surface area contributed by atoms with E-state index in [9.17, 15) is 9.59 Å². The van der Waals surface area contributed by atoms with Crippen LogP contribution in [0.25, 0.3) is 0 Å². The standard InChI is InChI=1S/C17H14BrNO3/c18-12-6-7-13-14(8-12)16(20)9-15(13)19-17(21)22-10-11-4-2-1-3-5-11/h1-8,15H,9-10H2,(H,19,21). The lowest BCUT2D eigenvalue weighted by molar-refractivity contribution is 0.0982. The summed E-state index contributed by atoms with van der Waals surface area (Å²) in [7, 11) is 0. The number of rotatable bonds is 3. The monoisotopic (exact) mass is 359 g/mol. The number of ether oxygens (including phenoxy) is 1. The van der Waals surface area contributed by atoms with Crippen LogP contribution in [0.2, 0.25) is 0 Å². The molecule has 22 heavy (non-hydrogen) atoms. The molecule has 1 N–H and O–H groups in total. The highest BCUT2D eigenvalue weighted by Crippen LogP contribution is 2.32. The van der Waals surface area contributed by atoms with E-state index in [0.29, 0.717) is 5.56 Å². The number of halogens is 1. The number of carbonyl (C=O) groups excluding carboxylic acids is 2. The van der Waals surface area contributed by atoms with Gasteiger partial charge in [0.1, 0.15) is 6.61 Å². The van der Waals surface area contributed by atoms with Crippen LogP contribution in [-0.4, -0.2) is 11.9 Å². The van der Waals surface area contributed by atoms with Crippen LogP contribution < -0.4 is 5.32 Å². The van der Waals surface area contributed by atoms with Gasteiger partial charge in [-0.2, -0.15) is 0 Å². The Labute approximate surface area is 136 Å². The molecule has 0 fully saturated rings. The number of alkyl carbamates (subject to hydrolysis) is 1. The number of amides is 1. The van der Waals surface area contributed by atoms with Gasteiger partial charge in [0, 0.05) is 16.5 Å². The maximum absolute atomic E-state index is 12.0. The molecular weight excluding hydrogens is 346 g/mol. The van der Waals surface area contributed by atoms with Crippen LogP contribution in [0, 0.1) is 0 Å². The molecule has 0 radical (unpaired) electrons. The van der Waals surface area contributed by atoms with E-state index in [0.717, 1.165) is 15.6 Å². The fraction of sp³-hybridized carbons (Fsp3) is 0.176. The van der Waals surface area contributed by atoms with Crippen molar-refractivity contribution in [3.63, 3.8) is 0 Å². The van der Waals surface area contributed by atoms with Crippen molar-refractivity contribution >= 4 is 27.8 Å². The molecule has 1 amide bonds. The summed E-state index contributed by atoms with van der Waals surface area (Å²) < 4.78 is 6.05. The average molecular weight is 360 g/mol. The van der Waals surface area contributed by atoms with Crippen molar-refractivity contribution < 1.29 is 14.3 Å². The molecule has 112 valence electrons. The molecular formula is C17H14BrNO3. The molecule has 0 saturated heterocycles. The number of Topliss-reactive ketones (excluding diaryl/α,β-unsaturated/α-hetero) is 1. The van der Waals surface area contributed by atoms with E-state index in [1.807, 2.05) is 42.5 Å². The van der Waals surface area contributed by atoms with E-state index in [1.165, 1.54) is 0 Å². The highest BCUT2D eigenvalue weighted by Gasteiger charge is 2.30. The summed E-state index contributed by atoms with van der Waals surface area (Å²) in [5.41, 5.74) is 2.41. The van der Waals surface area contributed by atoms with E-state index in [1.54, 1.807) is 6.07 Å². The van der Waals surface area contributed by atoms with E-state index in [2.05, 4.69) is 21.2 Å². The largest absolute Gasteiger partial charge is 0.445 e. The molecule has 0 heterocycles. The van der Waals surface area contributed by atoms with E-state index in [4.69, 9.17) is 4.74 Å². The van der Waals surface area contributed by atoms with Gasteiger partial charge in [0.15, 0.2) is 5.78 Å². The minimum atomic E-state index is -0.516. The zero-order chi connectivity index (χ0) is 15.5. The average Bonchev–Trinajstić information content (AvgIpc) is 2.82. The predicted molar refractivity (Wildman–Crippen MR) is 85.6 cm³/mol. The topological polar surface area (TPSA) is 55.4 Å². The molecule has 3 rings (SSSR count). The van der Waals surface area contributed by atoms with Crippen LogP contribution in [0.1, 0.15) is 33.9 Å². The number of hydrogen-bond donors (Lipinski definition) is 1. The summed E-state index contributed by atoms with van der Waals surface area (Å²) in [5, 5.41) is 2.76. The Bertz CT molecular complexity index is 715. The van der Waals surface area contributed by atoms with Gasteiger partial charge >= 0.3 is 6.09 Å². The lowest BCUT2D eigenvalue weighted by atomic mass is 10.1. The van der Waals surface area contributed by atoms with Crippen LogP contribution in [-0.2, 0) is 11.3 Å². The van der Waals surface area contributed by atoms with E-state index in [-0.39, 0.29) is 24.9 Å². The third-order valence-corrected chi connectivity index (χ3v) is 4.08. The molecule has 0 aliphatic heterocycles. The molecule has 2 aromatic rings. The maximum atomic E-state index is 12.0. The number of carbonyl (C=O) groups is 2. The summed E-state index contributed by atoms with van der Waals surface area (Å²) in [6.07, 6.45) is -0.246. The molecule has 0 aromatic heterocycles. The first-order valence-electron chi connectivity index (χ1n) is 6.93. The molecule has 4 nitrogen and oxygen atoms in total. The molecule has 5 heteroatoms. The fourth-order valence-corrected chi connectivity index (χ4v) is 2.88. The Kier molecular flexibility index (Phi) is 4.24. The van der Waals surface area contributed by atoms with Gasteiger partial charge in [0.25, 0.3) is 0 Å². The molecule has 2 aromatic carbocycles. The Hall–Kier alpha value is -2.14. The van der Waals surface area contributed by atoms with Crippen molar-refractivity contribution in [2.24, 2.45) is 0 Å².